The van der Waals surface area contributed by atoms with Crippen molar-refractivity contribution in [2.45, 2.75) is 0 Å². The summed E-state index contributed by atoms with van der Waals surface area (Å²) in [6.45, 7) is 0. The zero-order valence-electron chi connectivity index (χ0n) is 3.51. The first-order valence-corrected chi connectivity index (χ1v) is 0. The van der Waals surface area contributed by atoms with Crippen molar-refractivity contribution in [1.29, 1.82) is 0 Å². The van der Waals surface area contributed by atoms with Crippen LogP contribution in [0.1, 0.15) is 0 Å². The van der Waals surface area contributed by atoms with Gasteiger partial charge in [-0.3, -0.25) is 0 Å². The smallest absolute Gasteiger partial charge is 2.00 e. The predicted molar refractivity (Wildman–Crippen MR) is 7.81 cm³/mol. The minimum absolute atomic E-state index is 0. The van der Waals surface area contributed by atoms with Crippen LogP contribution in [0.5, 0.6) is 0 Å². The van der Waals surface area contributed by atoms with E-state index in [0.717, 1.165) is 0 Å². The van der Waals surface area contributed by atoms with E-state index in [-0.39, 0.29) is 167 Å². The third-order valence-electron chi connectivity index (χ3n) is 0. The summed E-state index contributed by atoms with van der Waals surface area (Å²) in [5.41, 5.74) is 0. The zero-order valence-corrected chi connectivity index (χ0v) is 17.1. The molecule has 0 aromatic carbocycles. The fourth-order valence-electron chi connectivity index (χ4n) is 0. The maximum absolute atomic E-state index is 0. The van der Waals surface area contributed by atoms with Crippen molar-refractivity contribution in [3.63, 3.8) is 0 Å². The number of rotatable bonds is 0. The molecule has 0 unspecified atom stereocenters. The van der Waals surface area contributed by atoms with Crippen molar-refractivity contribution < 1.29 is 118 Å². The Morgan fingerprint density at radius 3 is 0.667 bits per heavy atom. The monoisotopic (exact) mass is 408 g/mol. The van der Waals surface area contributed by atoms with Crippen molar-refractivity contribution in [1.82, 2.24) is 0 Å². The van der Waals surface area contributed by atoms with E-state index in [1.54, 1.807) is 0 Å². The van der Waals surface area contributed by atoms with Gasteiger partial charge in [-0.25, -0.2) is 0 Å². The summed E-state index contributed by atoms with van der Waals surface area (Å²) >= 11 is 0. The standard InChI is InChI=1S/Ba.Cs.3O.Y/q+2;+1;3*-2;+3. The van der Waals surface area contributed by atoms with Crippen molar-refractivity contribution in [2.75, 3.05) is 0 Å². The Kier molecular flexibility index (Phi) is 258. The van der Waals surface area contributed by atoms with Gasteiger partial charge in [0.15, 0.2) is 0 Å². The molecule has 6 heavy (non-hydrogen) atoms. The molecule has 6 heteroatoms. The third kappa shape index (κ3) is 23.5. The number of hydrogen-bond donors (Lipinski definition) is 0. The molecule has 0 atom stereocenters. The molecule has 0 aromatic heterocycles. The molecule has 0 aromatic rings. The Hall–Kier alpha value is 4.61. The van der Waals surface area contributed by atoms with Gasteiger partial charge in [0, 0.05) is 0 Å². The fraction of sp³-hybridized carbons (Fsp3) is 0. The second kappa shape index (κ2) is 33.5. The predicted octanol–water partition coefficient (Wildman–Crippen LogP) is -3.74. The van der Waals surface area contributed by atoms with Gasteiger partial charge in [-0.15, -0.1) is 0 Å². The molecule has 0 heterocycles. The molecule has 24 valence electrons. The zero-order chi connectivity index (χ0) is 0. The molecule has 0 aliphatic rings. The van der Waals surface area contributed by atoms with Crippen molar-refractivity contribution >= 4 is 48.9 Å². The van der Waals surface area contributed by atoms with Crippen molar-refractivity contribution in [3.8, 4) is 0 Å². The SMILES string of the molecule is [Ba+2].[Cs+].[O-2].[O-2].[O-2].[Y+3]. The summed E-state index contributed by atoms with van der Waals surface area (Å²) in [5, 5.41) is 0. The summed E-state index contributed by atoms with van der Waals surface area (Å²) in [4.78, 5) is 0. The molecule has 0 aliphatic heterocycles. The first-order valence-electron chi connectivity index (χ1n) is 0. The van der Waals surface area contributed by atoms with Crippen LogP contribution in [0.3, 0.4) is 0 Å². The largest absolute Gasteiger partial charge is 3.00 e. The van der Waals surface area contributed by atoms with Gasteiger partial charge in [-0.1, -0.05) is 0 Å². The molecule has 0 saturated carbocycles. The molecule has 0 bridgehead atoms. The van der Waals surface area contributed by atoms with Gasteiger partial charge in [-0.05, 0) is 0 Å². The fourth-order valence-corrected chi connectivity index (χ4v) is 0. The van der Waals surface area contributed by atoms with E-state index < -0.39 is 0 Å². The Balaban J connectivity index is 0. The quantitative estimate of drug-likeness (QED) is 0.370. The second-order valence-corrected chi connectivity index (χ2v) is 0. The Morgan fingerprint density at radius 1 is 0.667 bits per heavy atom. The van der Waals surface area contributed by atoms with Gasteiger partial charge < -0.3 is 16.4 Å². The molecule has 0 rings (SSSR count). The Labute approximate surface area is 161 Å². The topological polar surface area (TPSA) is 85.5 Å². The van der Waals surface area contributed by atoms with Crippen LogP contribution in [-0.4, -0.2) is 48.9 Å². The maximum Gasteiger partial charge on any atom is 3.00 e. The van der Waals surface area contributed by atoms with Crippen LogP contribution in [0.2, 0.25) is 0 Å². The molecular weight excluding hydrogens is 407 g/mol. The Bertz CT molecular complexity index is 10.8. The molecule has 0 spiro atoms. The third-order valence-corrected chi connectivity index (χ3v) is 0. The maximum atomic E-state index is 0. The summed E-state index contributed by atoms with van der Waals surface area (Å²) in [6.07, 6.45) is 0. The van der Waals surface area contributed by atoms with Crippen LogP contribution in [-0.2, 0) is 49.1 Å². The first-order chi connectivity index (χ1) is 0. The van der Waals surface area contributed by atoms with Gasteiger partial charge >= 0.3 is 150 Å². The summed E-state index contributed by atoms with van der Waals surface area (Å²) < 4.78 is 0. The van der Waals surface area contributed by atoms with E-state index in [1.165, 1.54) is 0 Å². The molecule has 0 radical (unpaired) electrons. The minimum Gasteiger partial charge on any atom is -2.00 e. The van der Waals surface area contributed by atoms with Crippen LogP contribution in [0.25, 0.3) is 0 Å². The van der Waals surface area contributed by atoms with Crippen LogP contribution < -0.4 is 68.9 Å². The van der Waals surface area contributed by atoms with Crippen LogP contribution in [0.15, 0.2) is 0 Å². The molecule has 0 fully saturated rings. The van der Waals surface area contributed by atoms with E-state index in [0.29, 0.717) is 0 Å². The van der Waals surface area contributed by atoms with E-state index in [4.69, 9.17) is 0 Å². The summed E-state index contributed by atoms with van der Waals surface area (Å²) in [5.74, 6) is 0. The van der Waals surface area contributed by atoms with Crippen LogP contribution in [0.4, 0.5) is 0 Å². The summed E-state index contributed by atoms with van der Waals surface area (Å²) in [6, 6.07) is 0. The molecular formula is BaCsO3Y. The van der Waals surface area contributed by atoms with E-state index in [2.05, 4.69) is 0 Å². The molecule has 0 saturated heterocycles. The van der Waals surface area contributed by atoms with Gasteiger partial charge in [0.2, 0.25) is 0 Å². The van der Waals surface area contributed by atoms with Gasteiger partial charge in [0.05, 0.1) is 0 Å². The first kappa shape index (κ1) is 46.1. The van der Waals surface area contributed by atoms with E-state index >= 15 is 0 Å². The van der Waals surface area contributed by atoms with E-state index in [1.807, 2.05) is 0 Å². The van der Waals surface area contributed by atoms with Crippen molar-refractivity contribution in [3.05, 3.63) is 0 Å². The number of hydrogen-bond acceptors (Lipinski definition) is 0. The van der Waals surface area contributed by atoms with Gasteiger partial charge in [0.1, 0.15) is 0 Å². The molecule has 0 N–H and O–H groups in total. The van der Waals surface area contributed by atoms with Crippen molar-refractivity contribution in [2.24, 2.45) is 0 Å². The van der Waals surface area contributed by atoms with Gasteiger partial charge in [-0.2, -0.15) is 0 Å². The molecule has 0 aliphatic carbocycles. The van der Waals surface area contributed by atoms with Crippen LogP contribution in [0, 0.1) is 0 Å². The molecule has 0 amide bonds. The van der Waals surface area contributed by atoms with E-state index in [9.17, 15) is 0 Å². The average molecular weight is 407 g/mol. The normalized spacial score (nSPS) is 0. The van der Waals surface area contributed by atoms with Gasteiger partial charge in [0.25, 0.3) is 0 Å². The Morgan fingerprint density at radius 2 is 0.667 bits per heavy atom. The second-order valence-electron chi connectivity index (χ2n) is 0. The molecule has 3 nitrogen and oxygen atoms in total. The van der Waals surface area contributed by atoms with Crippen LogP contribution >= 0.6 is 0 Å². The average Bonchev–Trinajstić information content (AvgIpc) is 0. The summed E-state index contributed by atoms with van der Waals surface area (Å²) in [7, 11) is 0. The minimum atomic E-state index is 0.